The number of halogens is 3. The Morgan fingerprint density at radius 3 is 2.31 bits per heavy atom. The van der Waals surface area contributed by atoms with Crippen LogP contribution < -0.4 is 5.56 Å². The number of benzene rings is 1. The highest BCUT2D eigenvalue weighted by molar-refractivity contribution is 5.62. The number of rotatable bonds is 3. The third-order valence-electron chi connectivity index (χ3n) is 3.88. The zero-order valence-corrected chi connectivity index (χ0v) is 13.4. The summed E-state index contributed by atoms with van der Waals surface area (Å²) in [6, 6.07) is 13.9. The molecule has 0 aliphatic rings. The van der Waals surface area contributed by atoms with E-state index in [9.17, 15) is 18.0 Å². The van der Waals surface area contributed by atoms with Crippen LogP contribution in [-0.4, -0.2) is 9.55 Å². The van der Waals surface area contributed by atoms with Gasteiger partial charge in [0.2, 0.25) is 0 Å². The Morgan fingerprint density at radius 1 is 1.08 bits per heavy atom. The molecule has 0 fully saturated rings. The highest BCUT2D eigenvalue weighted by Gasteiger charge is 2.36. The van der Waals surface area contributed by atoms with Gasteiger partial charge in [-0.3, -0.25) is 9.78 Å². The first-order valence-corrected chi connectivity index (χ1v) is 7.61. The van der Waals surface area contributed by atoms with Gasteiger partial charge < -0.3 is 4.57 Å². The Hall–Kier alpha value is -3.40. The summed E-state index contributed by atoms with van der Waals surface area (Å²) in [6.07, 6.45) is -1.75. The van der Waals surface area contributed by atoms with Crippen LogP contribution in [-0.2, 0) is 12.7 Å². The van der Waals surface area contributed by atoms with Gasteiger partial charge in [-0.05, 0) is 29.3 Å². The molecule has 3 aromatic rings. The Kier molecular flexibility index (Phi) is 4.59. The van der Waals surface area contributed by atoms with Crippen LogP contribution in [0.2, 0.25) is 0 Å². The van der Waals surface area contributed by atoms with Crippen molar-refractivity contribution in [2.75, 3.05) is 0 Å². The van der Waals surface area contributed by atoms with E-state index in [1.165, 1.54) is 23.0 Å². The van der Waals surface area contributed by atoms with Gasteiger partial charge in [-0.25, -0.2) is 0 Å². The third kappa shape index (κ3) is 3.35. The fourth-order valence-corrected chi connectivity index (χ4v) is 2.65. The molecule has 1 aromatic carbocycles. The predicted octanol–water partition coefficient (Wildman–Crippen LogP) is 3.85. The lowest BCUT2D eigenvalue weighted by atomic mass is 10.0. The van der Waals surface area contributed by atoms with E-state index >= 15 is 0 Å². The Morgan fingerprint density at radius 2 is 1.73 bits per heavy atom. The molecule has 0 spiro atoms. The van der Waals surface area contributed by atoms with Crippen molar-refractivity contribution in [1.82, 2.24) is 9.55 Å². The van der Waals surface area contributed by atoms with Crippen LogP contribution in [0.1, 0.15) is 16.7 Å². The molecule has 0 bridgehead atoms. The van der Waals surface area contributed by atoms with E-state index in [0.29, 0.717) is 11.1 Å². The summed E-state index contributed by atoms with van der Waals surface area (Å²) < 4.78 is 41.3. The van der Waals surface area contributed by atoms with Crippen molar-refractivity contribution in [2.24, 2.45) is 0 Å². The molecule has 0 aliphatic carbocycles. The van der Waals surface area contributed by atoms with Crippen molar-refractivity contribution in [3.8, 4) is 17.3 Å². The van der Waals surface area contributed by atoms with Crippen LogP contribution in [0.3, 0.4) is 0 Å². The largest absolute Gasteiger partial charge is 0.417 e. The Balaban J connectivity index is 2.31. The minimum absolute atomic E-state index is 0.0262. The van der Waals surface area contributed by atoms with Crippen LogP contribution in [0.5, 0.6) is 0 Å². The minimum Gasteiger partial charge on any atom is -0.303 e. The van der Waals surface area contributed by atoms with Gasteiger partial charge in [0.05, 0.1) is 17.8 Å². The molecule has 0 radical (unpaired) electrons. The number of nitriles is 1. The molecular formula is C19H12F3N3O. The van der Waals surface area contributed by atoms with Gasteiger partial charge in [0.15, 0.2) is 0 Å². The molecular weight excluding hydrogens is 343 g/mol. The number of hydrogen-bond acceptors (Lipinski definition) is 3. The third-order valence-corrected chi connectivity index (χ3v) is 3.88. The zero-order valence-electron chi connectivity index (χ0n) is 13.4. The van der Waals surface area contributed by atoms with Gasteiger partial charge >= 0.3 is 6.18 Å². The van der Waals surface area contributed by atoms with E-state index in [-0.39, 0.29) is 12.2 Å². The maximum Gasteiger partial charge on any atom is 0.417 e. The zero-order chi connectivity index (χ0) is 18.7. The molecule has 4 nitrogen and oxygen atoms in total. The molecule has 7 heteroatoms. The van der Waals surface area contributed by atoms with Gasteiger partial charge in [0.25, 0.3) is 5.56 Å². The second-order valence-corrected chi connectivity index (χ2v) is 5.54. The molecule has 0 atom stereocenters. The summed E-state index contributed by atoms with van der Waals surface area (Å²) >= 11 is 0. The molecule has 0 aliphatic heterocycles. The number of alkyl halides is 3. The molecule has 0 saturated carbocycles. The van der Waals surface area contributed by atoms with Gasteiger partial charge in [-0.1, -0.05) is 30.3 Å². The molecule has 0 unspecified atom stereocenters. The van der Waals surface area contributed by atoms with Crippen molar-refractivity contribution >= 4 is 0 Å². The summed E-state index contributed by atoms with van der Waals surface area (Å²) in [6.45, 7) is 0.0262. The van der Waals surface area contributed by atoms with E-state index < -0.39 is 22.9 Å². The van der Waals surface area contributed by atoms with Gasteiger partial charge in [0, 0.05) is 12.4 Å². The highest BCUT2D eigenvalue weighted by Crippen LogP contribution is 2.33. The molecule has 0 amide bonds. The van der Waals surface area contributed by atoms with Crippen LogP contribution in [0.4, 0.5) is 13.2 Å². The average molecular weight is 355 g/mol. The number of pyridine rings is 2. The SMILES string of the molecule is N#Cc1c(C(F)(F)F)cc(-c2ccccc2)n(Cc2ccncc2)c1=O. The summed E-state index contributed by atoms with van der Waals surface area (Å²) in [5.74, 6) is 0. The van der Waals surface area contributed by atoms with Crippen LogP contribution in [0, 0.1) is 11.3 Å². The standard InChI is InChI=1S/C19H12F3N3O/c20-19(21,22)16-10-17(14-4-2-1-3-5-14)25(18(26)15(16)11-23)12-13-6-8-24-9-7-13/h1-10H,12H2. The number of aromatic nitrogens is 2. The number of hydrogen-bond donors (Lipinski definition) is 0. The van der Waals surface area contributed by atoms with Gasteiger partial charge in [-0.15, -0.1) is 0 Å². The lowest BCUT2D eigenvalue weighted by molar-refractivity contribution is -0.137. The smallest absolute Gasteiger partial charge is 0.303 e. The molecule has 0 saturated heterocycles. The normalized spacial score (nSPS) is 11.2. The maximum atomic E-state index is 13.4. The Labute approximate surface area is 146 Å². The summed E-state index contributed by atoms with van der Waals surface area (Å²) in [7, 11) is 0. The monoisotopic (exact) mass is 355 g/mol. The molecule has 2 aromatic heterocycles. The van der Waals surface area contributed by atoms with Crippen LogP contribution in [0.15, 0.2) is 65.7 Å². The molecule has 3 rings (SSSR count). The number of nitrogens with zero attached hydrogens (tertiary/aromatic N) is 3. The van der Waals surface area contributed by atoms with Gasteiger partial charge in [-0.2, -0.15) is 18.4 Å². The maximum absolute atomic E-state index is 13.4. The van der Waals surface area contributed by atoms with Crippen molar-refractivity contribution in [3.63, 3.8) is 0 Å². The first-order chi connectivity index (χ1) is 12.4. The molecule has 130 valence electrons. The van der Waals surface area contributed by atoms with Crippen molar-refractivity contribution in [1.29, 1.82) is 5.26 Å². The fraction of sp³-hybridized carbons (Fsp3) is 0.105. The van der Waals surface area contributed by atoms with E-state index in [4.69, 9.17) is 5.26 Å². The van der Waals surface area contributed by atoms with E-state index in [1.807, 2.05) is 0 Å². The quantitative estimate of drug-likeness (QED) is 0.717. The topological polar surface area (TPSA) is 58.7 Å². The molecule has 2 heterocycles. The molecule has 0 N–H and O–H groups in total. The summed E-state index contributed by atoms with van der Waals surface area (Å²) in [4.78, 5) is 16.6. The van der Waals surface area contributed by atoms with Gasteiger partial charge in [0.1, 0.15) is 11.6 Å². The molecule has 26 heavy (non-hydrogen) atoms. The lowest BCUT2D eigenvalue weighted by Gasteiger charge is -2.17. The lowest BCUT2D eigenvalue weighted by Crippen LogP contribution is -2.28. The van der Waals surface area contributed by atoms with Crippen molar-refractivity contribution in [3.05, 3.63) is 88.0 Å². The minimum atomic E-state index is -4.80. The van der Waals surface area contributed by atoms with Crippen molar-refractivity contribution < 1.29 is 13.2 Å². The van der Waals surface area contributed by atoms with E-state index in [0.717, 1.165) is 6.07 Å². The Bertz CT molecular complexity index is 1020. The fourth-order valence-electron chi connectivity index (χ4n) is 2.65. The van der Waals surface area contributed by atoms with Crippen LogP contribution >= 0.6 is 0 Å². The second kappa shape index (κ2) is 6.84. The van der Waals surface area contributed by atoms with E-state index in [1.54, 1.807) is 42.5 Å². The van der Waals surface area contributed by atoms with Crippen LogP contribution in [0.25, 0.3) is 11.3 Å². The second-order valence-electron chi connectivity index (χ2n) is 5.54. The highest BCUT2D eigenvalue weighted by atomic mass is 19.4. The first-order valence-electron chi connectivity index (χ1n) is 7.61. The first kappa shape index (κ1) is 17.4. The van der Waals surface area contributed by atoms with E-state index in [2.05, 4.69) is 4.98 Å². The predicted molar refractivity (Wildman–Crippen MR) is 89.2 cm³/mol. The summed E-state index contributed by atoms with van der Waals surface area (Å²) in [5, 5.41) is 9.14. The van der Waals surface area contributed by atoms with Crippen molar-refractivity contribution in [2.45, 2.75) is 12.7 Å². The average Bonchev–Trinajstić information content (AvgIpc) is 2.63. The summed E-state index contributed by atoms with van der Waals surface area (Å²) in [5.41, 5.74) is -1.88.